The summed E-state index contributed by atoms with van der Waals surface area (Å²) < 4.78 is 10.8. The first kappa shape index (κ1) is 22.5. The van der Waals surface area contributed by atoms with Crippen molar-refractivity contribution in [2.75, 3.05) is 43.6 Å². The van der Waals surface area contributed by atoms with Gasteiger partial charge in [-0.25, -0.2) is 4.79 Å². The largest absolute Gasteiger partial charge is 0.419 e. The molecule has 3 aromatic carbocycles. The Bertz CT molecular complexity index is 1060. The monoisotopic (exact) mass is 445 g/mol. The predicted molar refractivity (Wildman–Crippen MR) is 128 cm³/mol. The van der Waals surface area contributed by atoms with Gasteiger partial charge in [0.1, 0.15) is 5.75 Å². The second-order valence-electron chi connectivity index (χ2n) is 7.83. The molecule has 1 saturated heterocycles. The minimum Gasteiger partial charge on any atom is -0.410 e. The smallest absolute Gasteiger partial charge is 0.410 e. The van der Waals surface area contributed by atoms with Crippen molar-refractivity contribution < 1.29 is 19.1 Å². The number of carbonyl (C=O) groups is 2. The van der Waals surface area contributed by atoms with E-state index in [1.54, 1.807) is 31.3 Å². The van der Waals surface area contributed by atoms with E-state index in [2.05, 4.69) is 10.2 Å². The molecule has 0 radical (unpaired) electrons. The maximum absolute atomic E-state index is 12.6. The van der Waals surface area contributed by atoms with Crippen LogP contribution < -0.4 is 15.0 Å². The minimum absolute atomic E-state index is 0.193. The van der Waals surface area contributed by atoms with Gasteiger partial charge >= 0.3 is 6.09 Å². The standard InChI is InChI=1S/C26H27N3O4/c1-28(23-5-3-2-4-6-23)26(31)33-24-13-11-22(12-14-24)27-25(30)21-9-7-20(8-10-21)19-29-15-17-32-18-16-29/h2-14H,15-19H2,1H3,(H,27,30). The summed E-state index contributed by atoms with van der Waals surface area (Å²) in [7, 11) is 1.65. The summed E-state index contributed by atoms with van der Waals surface area (Å²) in [5, 5.41) is 2.87. The molecule has 0 aliphatic carbocycles. The highest BCUT2D eigenvalue weighted by molar-refractivity contribution is 6.04. The molecule has 0 aromatic heterocycles. The molecule has 1 heterocycles. The van der Waals surface area contributed by atoms with Crippen molar-refractivity contribution in [1.29, 1.82) is 0 Å². The number of nitrogens with zero attached hydrogens (tertiary/aromatic N) is 2. The van der Waals surface area contributed by atoms with Gasteiger partial charge in [0.2, 0.25) is 0 Å². The van der Waals surface area contributed by atoms with Crippen LogP contribution in [0.15, 0.2) is 78.9 Å². The van der Waals surface area contributed by atoms with Gasteiger partial charge in [-0.1, -0.05) is 30.3 Å². The molecular weight excluding hydrogens is 418 g/mol. The third kappa shape index (κ3) is 6.19. The lowest BCUT2D eigenvalue weighted by atomic mass is 10.1. The molecule has 1 aliphatic rings. The van der Waals surface area contributed by atoms with E-state index in [1.165, 1.54) is 10.5 Å². The Hall–Kier alpha value is -3.68. The van der Waals surface area contributed by atoms with Crippen molar-refractivity contribution >= 4 is 23.4 Å². The number of carbonyl (C=O) groups excluding carboxylic acids is 2. The first-order chi connectivity index (χ1) is 16.1. The van der Waals surface area contributed by atoms with E-state index in [9.17, 15) is 9.59 Å². The zero-order chi connectivity index (χ0) is 23.0. The van der Waals surface area contributed by atoms with E-state index in [1.807, 2.05) is 54.6 Å². The van der Waals surface area contributed by atoms with E-state index in [-0.39, 0.29) is 5.91 Å². The average molecular weight is 446 g/mol. The van der Waals surface area contributed by atoms with Crippen LogP contribution in [0, 0.1) is 0 Å². The number of para-hydroxylation sites is 1. The fourth-order valence-electron chi connectivity index (χ4n) is 3.51. The van der Waals surface area contributed by atoms with Crippen LogP contribution in [-0.2, 0) is 11.3 Å². The number of amides is 2. The third-order valence-electron chi connectivity index (χ3n) is 5.46. The van der Waals surface area contributed by atoms with Crippen molar-refractivity contribution in [1.82, 2.24) is 4.90 Å². The lowest BCUT2D eigenvalue weighted by molar-refractivity contribution is 0.0342. The van der Waals surface area contributed by atoms with E-state index >= 15 is 0 Å². The van der Waals surface area contributed by atoms with E-state index < -0.39 is 6.09 Å². The fraction of sp³-hybridized carbons (Fsp3) is 0.231. The van der Waals surface area contributed by atoms with Crippen molar-refractivity contribution in [3.63, 3.8) is 0 Å². The highest BCUT2D eigenvalue weighted by atomic mass is 16.6. The van der Waals surface area contributed by atoms with E-state index in [4.69, 9.17) is 9.47 Å². The van der Waals surface area contributed by atoms with Crippen LogP contribution in [0.4, 0.5) is 16.2 Å². The molecule has 0 saturated carbocycles. The Labute approximate surface area is 193 Å². The number of benzene rings is 3. The van der Waals surface area contributed by atoms with Gasteiger partial charge < -0.3 is 14.8 Å². The molecule has 0 spiro atoms. The summed E-state index contributed by atoms with van der Waals surface area (Å²) in [6.45, 7) is 4.24. The SMILES string of the molecule is CN(C(=O)Oc1ccc(NC(=O)c2ccc(CN3CCOCC3)cc2)cc1)c1ccccc1. The number of hydrogen-bond acceptors (Lipinski definition) is 5. The summed E-state index contributed by atoms with van der Waals surface area (Å²) in [5.41, 5.74) is 3.11. The molecule has 0 bridgehead atoms. The Balaban J connectivity index is 1.30. The Kier molecular flexibility index (Phi) is 7.34. The second-order valence-corrected chi connectivity index (χ2v) is 7.83. The first-order valence-corrected chi connectivity index (χ1v) is 10.9. The molecule has 3 aromatic rings. The van der Waals surface area contributed by atoms with Gasteiger partial charge in [-0.2, -0.15) is 0 Å². The molecule has 4 rings (SSSR count). The van der Waals surface area contributed by atoms with Crippen molar-refractivity contribution in [2.45, 2.75) is 6.54 Å². The number of ether oxygens (including phenoxy) is 2. The van der Waals surface area contributed by atoms with Gasteiger partial charge in [-0.3, -0.25) is 14.6 Å². The van der Waals surface area contributed by atoms with Crippen LogP contribution in [0.2, 0.25) is 0 Å². The molecule has 170 valence electrons. The molecule has 33 heavy (non-hydrogen) atoms. The number of nitrogens with one attached hydrogen (secondary N) is 1. The summed E-state index contributed by atoms with van der Waals surface area (Å²) in [5.74, 6) is 0.203. The normalized spacial score (nSPS) is 13.8. The third-order valence-corrected chi connectivity index (χ3v) is 5.46. The van der Waals surface area contributed by atoms with Gasteiger partial charge in [0, 0.05) is 43.6 Å². The minimum atomic E-state index is -0.491. The molecule has 0 atom stereocenters. The lowest BCUT2D eigenvalue weighted by Crippen LogP contribution is -2.35. The zero-order valence-electron chi connectivity index (χ0n) is 18.6. The number of hydrogen-bond donors (Lipinski definition) is 1. The van der Waals surface area contributed by atoms with Gasteiger partial charge in [-0.15, -0.1) is 0 Å². The maximum Gasteiger partial charge on any atom is 0.419 e. The molecule has 2 amide bonds. The van der Waals surface area contributed by atoms with Crippen LogP contribution >= 0.6 is 0 Å². The van der Waals surface area contributed by atoms with E-state index in [0.29, 0.717) is 17.0 Å². The summed E-state index contributed by atoms with van der Waals surface area (Å²) in [6, 6.07) is 23.6. The van der Waals surface area contributed by atoms with Gasteiger partial charge in [-0.05, 0) is 54.1 Å². The van der Waals surface area contributed by atoms with Crippen molar-refractivity contribution in [3.8, 4) is 5.75 Å². The van der Waals surface area contributed by atoms with Gasteiger partial charge in [0.25, 0.3) is 5.91 Å². The Morgan fingerprint density at radius 2 is 1.61 bits per heavy atom. The van der Waals surface area contributed by atoms with Crippen LogP contribution in [0.5, 0.6) is 5.75 Å². The number of morpholine rings is 1. The van der Waals surface area contributed by atoms with Crippen LogP contribution in [0.25, 0.3) is 0 Å². The van der Waals surface area contributed by atoms with Crippen molar-refractivity contribution in [2.24, 2.45) is 0 Å². The topological polar surface area (TPSA) is 71.1 Å². The first-order valence-electron chi connectivity index (χ1n) is 10.9. The highest BCUT2D eigenvalue weighted by Crippen LogP contribution is 2.19. The molecule has 1 fully saturated rings. The number of rotatable bonds is 6. The molecule has 1 aliphatic heterocycles. The molecular formula is C26H27N3O4. The molecule has 7 heteroatoms. The van der Waals surface area contributed by atoms with Crippen LogP contribution in [-0.4, -0.2) is 50.3 Å². The maximum atomic E-state index is 12.6. The predicted octanol–water partition coefficient (Wildman–Crippen LogP) is 4.41. The van der Waals surface area contributed by atoms with Crippen LogP contribution in [0.3, 0.4) is 0 Å². The van der Waals surface area contributed by atoms with E-state index in [0.717, 1.165) is 38.5 Å². The fourth-order valence-corrected chi connectivity index (χ4v) is 3.51. The summed E-state index contributed by atoms with van der Waals surface area (Å²) >= 11 is 0. The lowest BCUT2D eigenvalue weighted by Gasteiger charge is -2.26. The molecule has 7 nitrogen and oxygen atoms in total. The molecule has 1 N–H and O–H groups in total. The van der Waals surface area contributed by atoms with Gasteiger partial charge in [0.15, 0.2) is 0 Å². The molecule has 0 unspecified atom stereocenters. The summed E-state index contributed by atoms with van der Waals surface area (Å²) in [4.78, 5) is 28.7. The van der Waals surface area contributed by atoms with Crippen molar-refractivity contribution in [3.05, 3.63) is 90.0 Å². The zero-order valence-corrected chi connectivity index (χ0v) is 18.6. The average Bonchev–Trinajstić information content (AvgIpc) is 2.86. The summed E-state index contributed by atoms with van der Waals surface area (Å²) in [6.07, 6.45) is -0.491. The van der Waals surface area contributed by atoms with Crippen LogP contribution in [0.1, 0.15) is 15.9 Å². The number of anilines is 2. The highest BCUT2D eigenvalue weighted by Gasteiger charge is 2.14. The second kappa shape index (κ2) is 10.8. The quantitative estimate of drug-likeness (QED) is 0.609. The Morgan fingerprint density at radius 1 is 0.939 bits per heavy atom. The van der Waals surface area contributed by atoms with Gasteiger partial charge in [0.05, 0.1) is 13.2 Å². The Morgan fingerprint density at radius 3 is 2.27 bits per heavy atom.